The second-order valence-electron chi connectivity index (χ2n) is 3.75. The molecule has 1 heterocycles. The monoisotopic (exact) mass is 237 g/mol. The van der Waals surface area contributed by atoms with Gasteiger partial charge in [0.25, 0.3) is 0 Å². The van der Waals surface area contributed by atoms with Crippen LogP contribution in [-0.2, 0) is 13.0 Å². The van der Waals surface area contributed by atoms with Crippen molar-refractivity contribution in [1.82, 2.24) is 9.55 Å². The van der Waals surface area contributed by atoms with Crippen LogP contribution in [-0.4, -0.2) is 16.1 Å². The second kappa shape index (κ2) is 5.05. The summed E-state index contributed by atoms with van der Waals surface area (Å²) >= 11 is 0. The molecule has 1 aromatic heterocycles. The molecule has 0 amide bonds. The highest BCUT2D eigenvalue weighted by Crippen LogP contribution is 2.14. The predicted octanol–water partition coefficient (Wildman–Crippen LogP) is 1.71. The van der Waals surface area contributed by atoms with Crippen molar-refractivity contribution in [1.29, 1.82) is 0 Å². The van der Waals surface area contributed by atoms with Crippen LogP contribution in [0, 0.1) is 11.6 Å². The molecule has 0 atom stereocenters. The number of rotatable bonds is 4. The minimum atomic E-state index is -0.544. The van der Waals surface area contributed by atoms with Crippen molar-refractivity contribution in [2.24, 2.45) is 5.73 Å². The Bertz CT molecular complexity index is 488. The van der Waals surface area contributed by atoms with Gasteiger partial charge in [-0.15, -0.1) is 0 Å². The van der Waals surface area contributed by atoms with E-state index in [9.17, 15) is 8.78 Å². The standard InChI is InChI=1S/C12H13F2N3/c13-11-2-1-3-12(14)10(11)7-17-8-16-6-9(17)4-5-15/h1-3,6,8H,4-5,7,15H2. The summed E-state index contributed by atoms with van der Waals surface area (Å²) in [7, 11) is 0. The van der Waals surface area contributed by atoms with Crippen LogP contribution < -0.4 is 5.73 Å². The maximum atomic E-state index is 13.5. The van der Waals surface area contributed by atoms with Crippen LogP contribution in [0.2, 0.25) is 0 Å². The van der Waals surface area contributed by atoms with Gasteiger partial charge in [-0.3, -0.25) is 0 Å². The first-order valence-corrected chi connectivity index (χ1v) is 5.34. The van der Waals surface area contributed by atoms with E-state index < -0.39 is 11.6 Å². The zero-order chi connectivity index (χ0) is 12.3. The van der Waals surface area contributed by atoms with E-state index in [1.807, 2.05) is 0 Å². The largest absolute Gasteiger partial charge is 0.330 e. The van der Waals surface area contributed by atoms with E-state index in [1.165, 1.54) is 18.2 Å². The van der Waals surface area contributed by atoms with Crippen molar-refractivity contribution in [3.63, 3.8) is 0 Å². The molecule has 0 unspecified atom stereocenters. The number of aromatic nitrogens is 2. The molecule has 0 bridgehead atoms. The molecule has 2 aromatic rings. The summed E-state index contributed by atoms with van der Waals surface area (Å²) in [6, 6.07) is 3.85. The summed E-state index contributed by atoms with van der Waals surface area (Å²) in [6.45, 7) is 0.610. The van der Waals surface area contributed by atoms with Crippen LogP contribution in [0.5, 0.6) is 0 Å². The van der Waals surface area contributed by atoms with Crippen LogP contribution in [0.3, 0.4) is 0 Å². The lowest BCUT2D eigenvalue weighted by Gasteiger charge is -2.09. The number of hydrogen-bond acceptors (Lipinski definition) is 2. The molecule has 90 valence electrons. The highest BCUT2D eigenvalue weighted by molar-refractivity contribution is 5.20. The van der Waals surface area contributed by atoms with Crippen LogP contribution in [0.1, 0.15) is 11.3 Å². The SMILES string of the molecule is NCCc1cncn1Cc1c(F)cccc1F. The fourth-order valence-corrected chi connectivity index (χ4v) is 1.70. The lowest BCUT2D eigenvalue weighted by Crippen LogP contribution is -2.10. The van der Waals surface area contributed by atoms with Crippen LogP contribution >= 0.6 is 0 Å². The summed E-state index contributed by atoms with van der Waals surface area (Å²) in [6.07, 6.45) is 3.85. The van der Waals surface area contributed by atoms with Gasteiger partial charge in [0.05, 0.1) is 12.9 Å². The third-order valence-corrected chi connectivity index (χ3v) is 2.59. The summed E-state index contributed by atoms with van der Waals surface area (Å²) < 4.78 is 28.6. The van der Waals surface area contributed by atoms with Gasteiger partial charge >= 0.3 is 0 Å². The topological polar surface area (TPSA) is 43.8 Å². The first kappa shape index (κ1) is 11.7. The first-order valence-electron chi connectivity index (χ1n) is 5.34. The molecule has 0 aliphatic carbocycles. The quantitative estimate of drug-likeness (QED) is 0.879. The molecular weight excluding hydrogens is 224 g/mol. The van der Waals surface area contributed by atoms with Crippen molar-refractivity contribution < 1.29 is 8.78 Å². The summed E-state index contributed by atoms with van der Waals surface area (Å²) in [5.74, 6) is -1.09. The van der Waals surface area contributed by atoms with Gasteiger partial charge in [0.2, 0.25) is 0 Å². The molecule has 0 radical (unpaired) electrons. The fourth-order valence-electron chi connectivity index (χ4n) is 1.70. The molecule has 3 nitrogen and oxygen atoms in total. The van der Waals surface area contributed by atoms with Gasteiger partial charge in [-0.1, -0.05) is 6.07 Å². The molecule has 5 heteroatoms. The van der Waals surface area contributed by atoms with Crippen molar-refractivity contribution in [2.45, 2.75) is 13.0 Å². The minimum Gasteiger partial charge on any atom is -0.330 e. The molecule has 2 N–H and O–H groups in total. The third-order valence-electron chi connectivity index (χ3n) is 2.59. The van der Waals surface area contributed by atoms with Crippen LogP contribution in [0.4, 0.5) is 8.78 Å². The van der Waals surface area contributed by atoms with E-state index in [4.69, 9.17) is 5.73 Å². The molecule has 0 saturated heterocycles. The van der Waals surface area contributed by atoms with Crippen LogP contribution in [0.25, 0.3) is 0 Å². The maximum absolute atomic E-state index is 13.5. The zero-order valence-electron chi connectivity index (χ0n) is 9.24. The molecule has 0 aliphatic heterocycles. The molecule has 0 spiro atoms. The average Bonchev–Trinajstić information content (AvgIpc) is 2.72. The zero-order valence-corrected chi connectivity index (χ0v) is 9.24. The Hall–Kier alpha value is -1.75. The van der Waals surface area contributed by atoms with Gasteiger partial charge in [-0.2, -0.15) is 0 Å². The molecule has 0 saturated carbocycles. The molecule has 0 fully saturated rings. The number of imidazole rings is 1. The van der Waals surface area contributed by atoms with Gasteiger partial charge < -0.3 is 10.3 Å². The van der Waals surface area contributed by atoms with E-state index in [-0.39, 0.29) is 12.1 Å². The van der Waals surface area contributed by atoms with Gasteiger partial charge in [-0.05, 0) is 18.7 Å². The number of nitrogens with two attached hydrogens (primary N) is 1. The third kappa shape index (κ3) is 2.50. The number of benzene rings is 1. The van der Waals surface area contributed by atoms with Gasteiger partial charge in [-0.25, -0.2) is 13.8 Å². The highest BCUT2D eigenvalue weighted by atomic mass is 19.1. The van der Waals surface area contributed by atoms with Crippen molar-refractivity contribution in [3.8, 4) is 0 Å². The second-order valence-corrected chi connectivity index (χ2v) is 3.75. The first-order chi connectivity index (χ1) is 8.22. The maximum Gasteiger partial charge on any atom is 0.131 e. The summed E-state index contributed by atoms with van der Waals surface area (Å²) in [5, 5.41) is 0. The Morgan fingerprint density at radius 1 is 1.24 bits per heavy atom. The normalized spacial score (nSPS) is 10.8. The number of hydrogen-bond donors (Lipinski definition) is 1. The van der Waals surface area contributed by atoms with Crippen LogP contribution in [0.15, 0.2) is 30.7 Å². The molecule has 1 aromatic carbocycles. The molecular formula is C12H13F2N3. The van der Waals surface area contributed by atoms with E-state index in [0.29, 0.717) is 13.0 Å². The summed E-state index contributed by atoms with van der Waals surface area (Å²) in [4.78, 5) is 3.96. The lowest BCUT2D eigenvalue weighted by atomic mass is 10.2. The molecule has 17 heavy (non-hydrogen) atoms. The van der Waals surface area contributed by atoms with E-state index in [0.717, 1.165) is 5.69 Å². The Morgan fingerprint density at radius 3 is 2.59 bits per heavy atom. The Morgan fingerprint density at radius 2 is 1.94 bits per heavy atom. The van der Waals surface area contributed by atoms with E-state index in [2.05, 4.69) is 4.98 Å². The van der Waals surface area contributed by atoms with E-state index in [1.54, 1.807) is 17.1 Å². The van der Waals surface area contributed by atoms with Gasteiger partial charge in [0, 0.05) is 23.9 Å². The minimum absolute atomic E-state index is 0.0452. The smallest absolute Gasteiger partial charge is 0.131 e. The highest BCUT2D eigenvalue weighted by Gasteiger charge is 2.10. The van der Waals surface area contributed by atoms with Crippen molar-refractivity contribution >= 4 is 0 Å². The summed E-state index contributed by atoms with van der Waals surface area (Å²) in [5.41, 5.74) is 6.37. The predicted molar refractivity (Wildman–Crippen MR) is 60.4 cm³/mol. The molecule has 2 rings (SSSR count). The Labute approximate surface area is 97.9 Å². The van der Waals surface area contributed by atoms with Crippen molar-refractivity contribution in [3.05, 3.63) is 53.6 Å². The molecule has 0 aliphatic rings. The average molecular weight is 237 g/mol. The van der Waals surface area contributed by atoms with Crippen molar-refractivity contribution in [2.75, 3.05) is 6.54 Å². The lowest BCUT2D eigenvalue weighted by molar-refractivity contribution is 0.541. The van der Waals surface area contributed by atoms with Gasteiger partial charge in [0.15, 0.2) is 0 Å². The number of nitrogens with zero attached hydrogens (tertiary/aromatic N) is 2. The Balaban J connectivity index is 2.28. The fraction of sp³-hybridized carbons (Fsp3) is 0.250. The van der Waals surface area contributed by atoms with E-state index >= 15 is 0 Å². The Kier molecular flexibility index (Phi) is 3.49. The number of halogens is 2. The van der Waals surface area contributed by atoms with Gasteiger partial charge in [0.1, 0.15) is 11.6 Å².